The molecule has 2 aromatic carbocycles. The fourth-order valence-corrected chi connectivity index (χ4v) is 3.56. The summed E-state index contributed by atoms with van der Waals surface area (Å²) in [5.41, 5.74) is 14.6. The third-order valence-corrected chi connectivity index (χ3v) is 5.30. The van der Waals surface area contributed by atoms with E-state index < -0.39 is 11.4 Å². The molecule has 4 N–H and O–H groups in total. The minimum absolute atomic E-state index is 0.0964. The zero-order chi connectivity index (χ0) is 18.9. The van der Waals surface area contributed by atoms with Gasteiger partial charge >= 0.3 is 0 Å². The molecular formula is C20H20Cl2FN3. The van der Waals surface area contributed by atoms with Gasteiger partial charge in [0, 0.05) is 34.6 Å². The van der Waals surface area contributed by atoms with E-state index in [9.17, 15) is 4.39 Å². The fourth-order valence-electron chi connectivity index (χ4n) is 3.19. The second-order valence-electron chi connectivity index (χ2n) is 6.78. The number of hydrogen-bond donors (Lipinski definition) is 2. The first-order valence-electron chi connectivity index (χ1n) is 8.29. The van der Waals surface area contributed by atoms with Crippen LogP contribution in [0, 0.1) is 5.82 Å². The zero-order valence-corrected chi connectivity index (χ0v) is 15.9. The second-order valence-corrected chi connectivity index (χ2v) is 7.62. The van der Waals surface area contributed by atoms with E-state index in [4.69, 9.17) is 34.7 Å². The summed E-state index contributed by atoms with van der Waals surface area (Å²) in [7, 11) is 0. The monoisotopic (exact) mass is 391 g/mol. The standard InChI is InChI=1S/C20H20Cl2FN3/c1-20(25,11-24)16(8-12-2-5-18(23)17(22)9-12)14-6-7-26-19-10-13(21)3-4-15(14)19/h2-7,9-10,16H,8,11,24-25H2,1H3. The summed E-state index contributed by atoms with van der Waals surface area (Å²) >= 11 is 12.0. The van der Waals surface area contributed by atoms with E-state index in [1.54, 1.807) is 18.3 Å². The maximum absolute atomic E-state index is 13.5. The lowest BCUT2D eigenvalue weighted by atomic mass is 9.76. The average molecular weight is 392 g/mol. The van der Waals surface area contributed by atoms with Gasteiger partial charge in [-0.3, -0.25) is 4.98 Å². The van der Waals surface area contributed by atoms with Crippen LogP contribution in [0.1, 0.15) is 24.0 Å². The fraction of sp³-hybridized carbons (Fsp3) is 0.250. The number of aromatic nitrogens is 1. The molecular weight excluding hydrogens is 372 g/mol. The van der Waals surface area contributed by atoms with E-state index in [-0.39, 0.29) is 10.9 Å². The van der Waals surface area contributed by atoms with Gasteiger partial charge in [-0.2, -0.15) is 0 Å². The number of halogens is 3. The van der Waals surface area contributed by atoms with Gasteiger partial charge < -0.3 is 11.5 Å². The first-order chi connectivity index (χ1) is 12.3. The molecule has 0 radical (unpaired) electrons. The molecule has 0 aliphatic heterocycles. The molecule has 6 heteroatoms. The molecule has 0 fully saturated rings. The Balaban J connectivity index is 2.11. The van der Waals surface area contributed by atoms with Gasteiger partial charge in [-0.1, -0.05) is 35.3 Å². The van der Waals surface area contributed by atoms with Crippen molar-refractivity contribution in [2.45, 2.75) is 24.8 Å². The molecule has 2 unspecified atom stereocenters. The van der Waals surface area contributed by atoms with Gasteiger partial charge in [-0.15, -0.1) is 0 Å². The maximum Gasteiger partial charge on any atom is 0.141 e. The summed E-state index contributed by atoms with van der Waals surface area (Å²) in [6, 6.07) is 12.3. The van der Waals surface area contributed by atoms with Crippen molar-refractivity contribution in [3.8, 4) is 0 Å². The van der Waals surface area contributed by atoms with Crippen molar-refractivity contribution in [2.75, 3.05) is 6.54 Å². The molecule has 0 saturated heterocycles. The summed E-state index contributed by atoms with van der Waals surface area (Å²) in [5, 5.41) is 1.69. The van der Waals surface area contributed by atoms with Crippen molar-refractivity contribution in [1.82, 2.24) is 4.98 Å². The van der Waals surface area contributed by atoms with E-state index in [1.165, 1.54) is 6.07 Å². The lowest BCUT2D eigenvalue weighted by molar-refractivity contribution is 0.384. The molecule has 0 aliphatic rings. The lowest BCUT2D eigenvalue weighted by Gasteiger charge is -2.34. The molecule has 136 valence electrons. The van der Waals surface area contributed by atoms with Gasteiger partial charge in [-0.05, 0) is 54.8 Å². The Kier molecular flexibility index (Phi) is 5.49. The van der Waals surface area contributed by atoms with Crippen molar-refractivity contribution >= 4 is 34.1 Å². The summed E-state index contributed by atoms with van der Waals surface area (Å²) in [6.45, 7) is 2.22. The Morgan fingerprint density at radius 3 is 2.62 bits per heavy atom. The quantitative estimate of drug-likeness (QED) is 0.663. The number of fused-ring (bicyclic) bond motifs is 1. The highest BCUT2D eigenvalue weighted by Gasteiger charge is 2.31. The van der Waals surface area contributed by atoms with E-state index in [0.29, 0.717) is 18.0 Å². The molecule has 0 spiro atoms. The van der Waals surface area contributed by atoms with Crippen LogP contribution in [-0.2, 0) is 6.42 Å². The summed E-state index contributed by atoms with van der Waals surface area (Å²) < 4.78 is 13.5. The molecule has 0 amide bonds. The normalized spacial score (nSPS) is 15.0. The molecule has 0 saturated carbocycles. The van der Waals surface area contributed by atoms with E-state index in [1.807, 2.05) is 31.2 Å². The third kappa shape index (κ3) is 3.84. The van der Waals surface area contributed by atoms with Crippen LogP contribution in [0.5, 0.6) is 0 Å². The van der Waals surface area contributed by atoms with Crippen LogP contribution in [0.25, 0.3) is 10.9 Å². The predicted molar refractivity (Wildman–Crippen MR) is 106 cm³/mol. The SMILES string of the molecule is CC(N)(CN)C(Cc1ccc(F)c(Cl)c1)c1ccnc2cc(Cl)ccc12. The van der Waals surface area contributed by atoms with Crippen LogP contribution < -0.4 is 11.5 Å². The number of nitrogens with two attached hydrogens (primary N) is 2. The Morgan fingerprint density at radius 2 is 1.92 bits per heavy atom. The highest BCUT2D eigenvalue weighted by Crippen LogP contribution is 2.35. The van der Waals surface area contributed by atoms with Crippen LogP contribution in [0.3, 0.4) is 0 Å². The van der Waals surface area contributed by atoms with Crippen LogP contribution in [0.2, 0.25) is 10.0 Å². The average Bonchev–Trinajstić information content (AvgIpc) is 2.61. The van der Waals surface area contributed by atoms with Crippen molar-refractivity contribution in [3.05, 3.63) is 75.7 Å². The molecule has 3 aromatic rings. The Bertz CT molecular complexity index is 943. The number of rotatable bonds is 5. The molecule has 3 rings (SSSR count). The molecule has 1 aromatic heterocycles. The summed E-state index contributed by atoms with van der Waals surface area (Å²) in [5.74, 6) is -0.550. The topological polar surface area (TPSA) is 64.9 Å². The number of hydrogen-bond acceptors (Lipinski definition) is 3. The van der Waals surface area contributed by atoms with Gasteiger partial charge in [0.25, 0.3) is 0 Å². The number of benzene rings is 2. The van der Waals surface area contributed by atoms with Gasteiger partial charge in [0.1, 0.15) is 5.82 Å². The van der Waals surface area contributed by atoms with E-state index in [2.05, 4.69) is 4.98 Å². The first-order valence-corrected chi connectivity index (χ1v) is 9.04. The molecule has 0 bridgehead atoms. The van der Waals surface area contributed by atoms with Crippen molar-refractivity contribution in [2.24, 2.45) is 11.5 Å². The third-order valence-electron chi connectivity index (χ3n) is 4.77. The number of pyridine rings is 1. The van der Waals surface area contributed by atoms with Crippen LogP contribution >= 0.6 is 23.2 Å². The van der Waals surface area contributed by atoms with Crippen LogP contribution in [0.15, 0.2) is 48.7 Å². The predicted octanol–water partition coefficient (Wildman–Crippen LogP) is 4.68. The Hall–Kier alpha value is -1.72. The van der Waals surface area contributed by atoms with Crippen molar-refractivity contribution in [3.63, 3.8) is 0 Å². The van der Waals surface area contributed by atoms with Gasteiger partial charge in [0.2, 0.25) is 0 Å². The lowest BCUT2D eigenvalue weighted by Crippen LogP contribution is -2.50. The Labute approximate surface area is 162 Å². The largest absolute Gasteiger partial charge is 0.329 e. The molecule has 2 atom stereocenters. The summed E-state index contributed by atoms with van der Waals surface area (Å²) in [6.07, 6.45) is 2.32. The Morgan fingerprint density at radius 1 is 1.15 bits per heavy atom. The number of nitrogens with zero attached hydrogens (tertiary/aromatic N) is 1. The van der Waals surface area contributed by atoms with Gasteiger partial charge in [0.15, 0.2) is 0 Å². The highest BCUT2D eigenvalue weighted by molar-refractivity contribution is 6.31. The van der Waals surface area contributed by atoms with E-state index >= 15 is 0 Å². The zero-order valence-electron chi connectivity index (χ0n) is 14.3. The maximum atomic E-state index is 13.5. The highest BCUT2D eigenvalue weighted by atomic mass is 35.5. The first kappa shape index (κ1) is 19.1. The molecule has 3 nitrogen and oxygen atoms in total. The minimum atomic E-state index is -0.672. The van der Waals surface area contributed by atoms with Gasteiger partial charge in [-0.25, -0.2) is 4.39 Å². The van der Waals surface area contributed by atoms with Crippen LogP contribution in [0.4, 0.5) is 4.39 Å². The summed E-state index contributed by atoms with van der Waals surface area (Å²) in [4.78, 5) is 4.40. The van der Waals surface area contributed by atoms with E-state index in [0.717, 1.165) is 22.0 Å². The van der Waals surface area contributed by atoms with Crippen molar-refractivity contribution in [1.29, 1.82) is 0 Å². The smallest absolute Gasteiger partial charge is 0.141 e. The molecule has 0 aliphatic carbocycles. The molecule has 26 heavy (non-hydrogen) atoms. The van der Waals surface area contributed by atoms with Crippen molar-refractivity contribution < 1.29 is 4.39 Å². The van der Waals surface area contributed by atoms with Crippen LogP contribution in [-0.4, -0.2) is 17.1 Å². The molecule has 1 heterocycles. The van der Waals surface area contributed by atoms with Gasteiger partial charge in [0.05, 0.1) is 10.5 Å². The second kappa shape index (κ2) is 7.49. The minimum Gasteiger partial charge on any atom is -0.329 e.